The van der Waals surface area contributed by atoms with Gasteiger partial charge in [-0.1, -0.05) is 11.6 Å². The van der Waals surface area contributed by atoms with Crippen LogP contribution < -0.4 is 5.48 Å². The molecule has 4 nitrogen and oxygen atoms in total. The van der Waals surface area contributed by atoms with Crippen LogP contribution in [0.1, 0.15) is 9.67 Å². The molecule has 0 saturated heterocycles. The molecule has 0 aliphatic carbocycles. The molecule has 0 amide bonds. The summed E-state index contributed by atoms with van der Waals surface area (Å²) in [7, 11) is 1.28. The highest BCUT2D eigenvalue weighted by Crippen LogP contribution is 2.31. The van der Waals surface area contributed by atoms with Crippen LogP contribution in [0.3, 0.4) is 0 Å². The third-order valence-corrected chi connectivity index (χ3v) is 2.53. The van der Waals surface area contributed by atoms with Gasteiger partial charge in [-0.3, -0.25) is 10.7 Å². The van der Waals surface area contributed by atoms with Gasteiger partial charge < -0.3 is 4.74 Å². The zero-order valence-corrected chi connectivity index (χ0v) is 7.70. The highest BCUT2D eigenvalue weighted by Gasteiger charge is 2.12. The van der Waals surface area contributed by atoms with Crippen LogP contribution >= 0.6 is 22.9 Å². The lowest BCUT2D eigenvalue weighted by Gasteiger charge is -1.91. The standard InChI is InChI=1S/C6H6ClNO3S/c1-11-6(9)4-2-3(8-10)5(7)12-4/h2,8,10H,1H3. The molecule has 0 radical (unpaired) electrons. The molecule has 1 heterocycles. The van der Waals surface area contributed by atoms with Crippen molar-refractivity contribution in [2.24, 2.45) is 0 Å². The summed E-state index contributed by atoms with van der Waals surface area (Å²) < 4.78 is 4.77. The summed E-state index contributed by atoms with van der Waals surface area (Å²) >= 11 is 6.67. The number of carbonyl (C=O) groups is 1. The van der Waals surface area contributed by atoms with Crippen molar-refractivity contribution >= 4 is 34.6 Å². The Kier molecular flexibility index (Phi) is 2.91. The van der Waals surface area contributed by atoms with Gasteiger partial charge in [0, 0.05) is 0 Å². The number of anilines is 1. The smallest absolute Gasteiger partial charge is 0.348 e. The van der Waals surface area contributed by atoms with Gasteiger partial charge in [-0.25, -0.2) is 4.79 Å². The van der Waals surface area contributed by atoms with Crippen molar-refractivity contribution in [1.29, 1.82) is 0 Å². The second kappa shape index (κ2) is 3.75. The van der Waals surface area contributed by atoms with Gasteiger partial charge in [-0.2, -0.15) is 0 Å². The number of esters is 1. The van der Waals surface area contributed by atoms with Crippen molar-refractivity contribution in [3.05, 3.63) is 15.3 Å². The third-order valence-electron chi connectivity index (χ3n) is 1.19. The minimum absolute atomic E-state index is 0.307. The summed E-state index contributed by atoms with van der Waals surface area (Å²) in [5, 5.41) is 8.51. The molecule has 6 heteroatoms. The van der Waals surface area contributed by atoms with E-state index in [0.717, 1.165) is 11.3 Å². The molecule has 0 saturated carbocycles. The molecule has 0 aliphatic heterocycles. The van der Waals surface area contributed by atoms with Gasteiger partial charge in [-0.15, -0.1) is 11.3 Å². The van der Waals surface area contributed by atoms with Crippen LogP contribution in [0, 0.1) is 0 Å². The second-order valence-electron chi connectivity index (χ2n) is 1.90. The summed E-state index contributed by atoms with van der Waals surface area (Å²) in [5.41, 5.74) is 2.17. The zero-order valence-electron chi connectivity index (χ0n) is 6.13. The highest BCUT2D eigenvalue weighted by molar-refractivity contribution is 7.18. The zero-order chi connectivity index (χ0) is 9.14. The number of nitrogens with one attached hydrogen (secondary N) is 1. The van der Waals surface area contributed by atoms with Gasteiger partial charge in [0.15, 0.2) is 0 Å². The fourth-order valence-electron chi connectivity index (χ4n) is 0.646. The van der Waals surface area contributed by atoms with Crippen LogP contribution in [0.2, 0.25) is 4.34 Å². The van der Waals surface area contributed by atoms with E-state index in [1.54, 1.807) is 0 Å². The largest absolute Gasteiger partial charge is 0.465 e. The van der Waals surface area contributed by atoms with Crippen molar-refractivity contribution in [2.45, 2.75) is 0 Å². The predicted molar refractivity (Wildman–Crippen MR) is 46.1 cm³/mol. The Morgan fingerprint density at radius 3 is 2.92 bits per heavy atom. The average molecular weight is 208 g/mol. The molecule has 12 heavy (non-hydrogen) atoms. The Morgan fingerprint density at radius 2 is 2.50 bits per heavy atom. The van der Waals surface area contributed by atoms with E-state index in [1.807, 2.05) is 5.48 Å². The molecule has 0 atom stereocenters. The predicted octanol–water partition coefficient (Wildman–Crippen LogP) is 1.99. The molecule has 2 N–H and O–H groups in total. The summed E-state index contributed by atoms with van der Waals surface area (Å²) in [6.45, 7) is 0. The Bertz CT molecular complexity index is 299. The fourth-order valence-corrected chi connectivity index (χ4v) is 1.74. The van der Waals surface area contributed by atoms with Crippen LogP contribution in [-0.2, 0) is 4.74 Å². The van der Waals surface area contributed by atoms with Crippen molar-refractivity contribution < 1.29 is 14.7 Å². The highest BCUT2D eigenvalue weighted by atomic mass is 35.5. The van der Waals surface area contributed by atoms with Gasteiger partial charge >= 0.3 is 5.97 Å². The molecular weight excluding hydrogens is 202 g/mol. The number of ether oxygens (including phenoxy) is 1. The van der Waals surface area contributed by atoms with Crippen LogP contribution in [0.4, 0.5) is 5.69 Å². The van der Waals surface area contributed by atoms with E-state index in [0.29, 0.717) is 14.9 Å². The van der Waals surface area contributed by atoms with Gasteiger partial charge in [0.1, 0.15) is 9.21 Å². The first kappa shape index (κ1) is 9.31. The molecule has 66 valence electrons. The van der Waals surface area contributed by atoms with Crippen LogP contribution in [-0.4, -0.2) is 18.3 Å². The minimum atomic E-state index is -0.469. The van der Waals surface area contributed by atoms with E-state index < -0.39 is 5.97 Å². The first-order chi connectivity index (χ1) is 5.69. The van der Waals surface area contributed by atoms with E-state index in [1.165, 1.54) is 13.2 Å². The SMILES string of the molecule is COC(=O)c1cc(NO)c(Cl)s1. The first-order valence-electron chi connectivity index (χ1n) is 2.96. The molecule has 0 unspecified atom stereocenters. The van der Waals surface area contributed by atoms with Crippen molar-refractivity contribution in [3.8, 4) is 0 Å². The average Bonchev–Trinajstić information content (AvgIpc) is 2.45. The number of methoxy groups -OCH3 is 1. The molecule has 0 bridgehead atoms. The fraction of sp³-hybridized carbons (Fsp3) is 0.167. The quantitative estimate of drug-likeness (QED) is 0.575. The molecule has 0 fully saturated rings. The topological polar surface area (TPSA) is 58.6 Å². The van der Waals surface area contributed by atoms with E-state index in [4.69, 9.17) is 16.8 Å². The maximum atomic E-state index is 10.9. The Hall–Kier alpha value is -0.780. The van der Waals surface area contributed by atoms with E-state index >= 15 is 0 Å². The number of hydrogen-bond acceptors (Lipinski definition) is 5. The maximum Gasteiger partial charge on any atom is 0.348 e. The molecule has 1 aromatic rings. The van der Waals surface area contributed by atoms with Crippen molar-refractivity contribution in [2.75, 3.05) is 12.6 Å². The Balaban J connectivity index is 2.96. The molecule has 0 spiro atoms. The molecule has 0 aliphatic rings. The summed E-state index contributed by atoms with van der Waals surface area (Å²) in [6.07, 6.45) is 0. The molecular formula is C6H6ClNO3S. The van der Waals surface area contributed by atoms with E-state index in [-0.39, 0.29) is 0 Å². The normalized spacial score (nSPS) is 9.58. The number of halogens is 1. The van der Waals surface area contributed by atoms with E-state index in [9.17, 15) is 4.79 Å². The number of rotatable bonds is 2. The maximum absolute atomic E-state index is 10.9. The van der Waals surface area contributed by atoms with Gasteiger partial charge in [0.05, 0.1) is 12.8 Å². The minimum Gasteiger partial charge on any atom is -0.465 e. The van der Waals surface area contributed by atoms with Crippen LogP contribution in [0.5, 0.6) is 0 Å². The summed E-state index contributed by atoms with van der Waals surface area (Å²) in [6, 6.07) is 1.42. The summed E-state index contributed by atoms with van der Waals surface area (Å²) in [5.74, 6) is -0.469. The number of hydrogen-bond donors (Lipinski definition) is 2. The van der Waals surface area contributed by atoms with Crippen LogP contribution in [0.15, 0.2) is 6.07 Å². The Labute approximate surface area is 77.7 Å². The molecule has 1 aromatic heterocycles. The monoisotopic (exact) mass is 207 g/mol. The van der Waals surface area contributed by atoms with Gasteiger partial charge in [-0.05, 0) is 6.07 Å². The first-order valence-corrected chi connectivity index (χ1v) is 4.16. The second-order valence-corrected chi connectivity index (χ2v) is 3.56. The van der Waals surface area contributed by atoms with E-state index in [2.05, 4.69) is 4.74 Å². The third kappa shape index (κ3) is 1.69. The van der Waals surface area contributed by atoms with Crippen LogP contribution in [0.25, 0.3) is 0 Å². The number of thiophene rings is 1. The lowest BCUT2D eigenvalue weighted by molar-refractivity contribution is 0.0606. The molecule has 1 rings (SSSR count). The lowest BCUT2D eigenvalue weighted by atomic mass is 10.4. The van der Waals surface area contributed by atoms with Crippen molar-refractivity contribution in [1.82, 2.24) is 0 Å². The van der Waals surface area contributed by atoms with Gasteiger partial charge in [0.2, 0.25) is 0 Å². The lowest BCUT2D eigenvalue weighted by Crippen LogP contribution is -1.97. The number of carbonyl (C=O) groups excluding carboxylic acids is 1. The van der Waals surface area contributed by atoms with Gasteiger partial charge in [0.25, 0.3) is 0 Å². The van der Waals surface area contributed by atoms with Crippen molar-refractivity contribution in [3.63, 3.8) is 0 Å². The summed E-state index contributed by atoms with van der Waals surface area (Å²) in [4.78, 5) is 11.3. The Morgan fingerprint density at radius 1 is 1.83 bits per heavy atom. The molecule has 0 aromatic carbocycles.